The van der Waals surface area contributed by atoms with E-state index in [1.54, 1.807) is 30.3 Å². The van der Waals surface area contributed by atoms with Gasteiger partial charge in [-0.1, -0.05) is 35.9 Å². The molecule has 0 radical (unpaired) electrons. The summed E-state index contributed by atoms with van der Waals surface area (Å²) in [4.78, 5) is 37.0. The number of carbonyl (C=O) groups excluding carboxylic acids is 2. The van der Waals surface area contributed by atoms with Crippen LogP contribution in [0.5, 0.6) is 11.5 Å². The van der Waals surface area contributed by atoms with Gasteiger partial charge in [-0.25, -0.2) is 0 Å². The van der Waals surface area contributed by atoms with Gasteiger partial charge in [-0.2, -0.15) is 13.2 Å². The number of nitro benzene ring substituents is 1. The van der Waals surface area contributed by atoms with Crippen molar-refractivity contribution in [3.63, 3.8) is 0 Å². The Hall–Kier alpha value is -4.29. The molecule has 0 aliphatic carbocycles. The lowest BCUT2D eigenvalue weighted by atomic mass is 10.1. The predicted molar refractivity (Wildman–Crippen MR) is 132 cm³/mol. The van der Waals surface area contributed by atoms with Crippen molar-refractivity contribution in [2.24, 2.45) is 0 Å². The van der Waals surface area contributed by atoms with Gasteiger partial charge in [0.05, 0.1) is 21.2 Å². The standard InChI is InChI=1S/C24H13ClF3N3O5S/c25-17-11-13(10-16-21(32)29-23(37)30(22(16)33)15-4-2-1-3-5-15)6-8-19(17)36-20-9-7-14(24(26,27)28)12-18(20)31(34)35/h1-12H,(H,29,32,37)/b16-10+. The number of rotatable bonds is 5. The number of nitrogens with zero attached hydrogens (tertiary/aromatic N) is 2. The van der Waals surface area contributed by atoms with Crippen LogP contribution in [0.1, 0.15) is 11.1 Å². The molecule has 0 saturated carbocycles. The fraction of sp³-hybridized carbons (Fsp3) is 0.0417. The lowest BCUT2D eigenvalue weighted by molar-refractivity contribution is -0.385. The van der Waals surface area contributed by atoms with Crippen molar-refractivity contribution in [3.8, 4) is 11.5 Å². The van der Waals surface area contributed by atoms with Crippen LogP contribution in [-0.4, -0.2) is 21.9 Å². The Kier molecular flexibility index (Phi) is 6.96. The summed E-state index contributed by atoms with van der Waals surface area (Å²) >= 11 is 11.4. The second-order valence-electron chi connectivity index (χ2n) is 7.52. The second-order valence-corrected chi connectivity index (χ2v) is 8.32. The Morgan fingerprint density at radius 2 is 1.70 bits per heavy atom. The summed E-state index contributed by atoms with van der Waals surface area (Å²) < 4.78 is 44.2. The highest BCUT2D eigenvalue weighted by atomic mass is 35.5. The van der Waals surface area contributed by atoms with Crippen molar-refractivity contribution in [3.05, 3.63) is 98.6 Å². The average Bonchev–Trinajstić information content (AvgIpc) is 2.83. The van der Waals surface area contributed by atoms with Gasteiger partial charge < -0.3 is 4.74 Å². The first-order valence-corrected chi connectivity index (χ1v) is 11.0. The van der Waals surface area contributed by atoms with E-state index >= 15 is 0 Å². The van der Waals surface area contributed by atoms with Crippen LogP contribution in [0.2, 0.25) is 5.02 Å². The van der Waals surface area contributed by atoms with E-state index < -0.39 is 39.9 Å². The van der Waals surface area contributed by atoms with Gasteiger partial charge in [-0.3, -0.25) is 29.9 Å². The summed E-state index contributed by atoms with van der Waals surface area (Å²) in [7, 11) is 0. The van der Waals surface area contributed by atoms with Crippen molar-refractivity contribution >= 4 is 58.2 Å². The quantitative estimate of drug-likeness (QED) is 0.140. The Morgan fingerprint density at radius 1 is 1.03 bits per heavy atom. The molecule has 0 spiro atoms. The largest absolute Gasteiger partial charge is 0.449 e. The number of alkyl halides is 3. The first kappa shape index (κ1) is 25.8. The smallest absolute Gasteiger partial charge is 0.416 e. The van der Waals surface area contributed by atoms with Gasteiger partial charge in [0.2, 0.25) is 5.75 Å². The molecule has 2 amide bonds. The Morgan fingerprint density at radius 3 is 2.32 bits per heavy atom. The minimum Gasteiger partial charge on any atom is -0.449 e. The minimum absolute atomic E-state index is 0.0809. The van der Waals surface area contributed by atoms with Crippen LogP contribution < -0.4 is 15.0 Å². The van der Waals surface area contributed by atoms with E-state index in [0.717, 1.165) is 11.0 Å². The third kappa shape index (κ3) is 5.44. The number of hydrogen-bond acceptors (Lipinski definition) is 6. The molecule has 37 heavy (non-hydrogen) atoms. The highest BCUT2D eigenvalue weighted by molar-refractivity contribution is 7.80. The van der Waals surface area contributed by atoms with Crippen LogP contribution in [0.3, 0.4) is 0 Å². The highest BCUT2D eigenvalue weighted by Crippen LogP contribution is 2.39. The molecule has 1 aliphatic heterocycles. The molecular weight excluding hydrogens is 535 g/mol. The molecule has 0 unspecified atom stereocenters. The van der Waals surface area contributed by atoms with Gasteiger partial charge in [0.15, 0.2) is 5.11 Å². The zero-order chi connectivity index (χ0) is 26.9. The Labute approximate surface area is 217 Å². The van der Waals surface area contributed by atoms with Gasteiger partial charge in [0.1, 0.15) is 11.3 Å². The van der Waals surface area contributed by atoms with E-state index in [1.165, 1.54) is 24.3 Å². The van der Waals surface area contributed by atoms with Crippen molar-refractivity contribution in [1.29, 1.82) is 0 Å². The van der Waals surface area contributed by atoms with Crippen molar-refractivity contribution in [2.45, 2.75) is 6.18 Å². The summed E-state index contributed by atoms with van der Waals surface area (Å²) in [6, 6.07) is 14.3. The van der Waals surface area contributed by atoms with Gasteiger partial charge in [-0.05, 0) is 60.3 Å². The molecule has 1 aliphatic rings. The number of hydrogen-bond donors (Lipinski definition) is 1. The minimum atomic E-state index is -4.78. The van der Waals surface area contributed by atoms with Crippen LogP contribution in [-0.2, 0) is 15.8 Å². The molecule has 8 nitrogen and oxygen atoms in total. The normalized spacial score (nSPS) is 15.1. The van der Waals surface area contributed by atoms with Crippen LogP contribution in [0, 0.1) is 10.1 Å². The average molecular weight is 548 g/mol. The highest BCUT2D eigenvalue weighted by Gasteiger charge is 2.35. The first-order chi connectivity index (χ1) is 17.5. The molecule has 3 aromatic rings. The lowest BCUT2D eigenvalue weighted by Gasteiger charge is -2.28. The molecule has 4 rings (SSSR count). The number of nitrogens with one attached hydrogen (secondary N) is 1. The topological polar surface area (TPSA) is 102 Å². The Bertz CT molecular complexity index is 1480. The number of amides is 2. The second kappa shape index (κ2) is 9.99. The van der Waals surface area contributed by atoms with Crippen molar-refractivity contribution in [2.75, 3.05) is 4.90 Å². The zero-order valence-electron chi connectivity index (χ0n) is 18.3. The molecular formula is C24H13ClF3N3O5S. The summed E-state index contributed by atoms with van der Waals surface area (Å²) in [6.45, 7) is 0. The zero-order valence-corrected chi connectivity index (χ0v) is 19.9. The van der Waals surface area contributed by atoms with E-state index in [0.29, 0.717) is 23.4 Å². The van der Waals surface area contributed by atoms with E-state index in [4.69, 9.17) is 28.6 Å². The third-order valence-electron chi connectivity index (χ3n) is 5.09. The third-order valence-corrected chi connectivity index (χ3v) is 5.67. The lowest BCUT2D eigenvalue weighted by Crippen LogP contribution is -2.54. The molecule has 3 aromatic carbocycles. The van der Waals surface area contributed by atoms with Crippen molar-refractivity contribution < 1.29 is 32.4 Å². The number of anilines is 1. The Balaban J connectivity index is 1.63. The van der Waals surface area contributed by atoms with Gasteiger partial charge in [0.25, 0.3) is 11.8 Å². The molecule has 1 saturated heterocycles. The fourth-order valence-corrected chi connectivity index (χ4v) is 3.88. The number of halogens is 4. The molecule has 13 heteroatoms. The fourth-order valence-electron chi connectivity index (χ4n) is 3.37. The van der Waals surface area contributed by atoms with Crippen LogP contribution >= 0.6 is 23.8 Å². The summed E-state index contributed by atoms with van der Waals surface area (Å²) in [5.41, 5.74) is -1.60. The molecule has 188 valence electrons. The van der Waals surface area contributed by atoms with Gasteiger partial charge in [0, 0.05) is 6.07 Å². The number of carbonyl (C=O) groups is 2. The molecule has 1 heterocycles. The number of benzene rings is 3. The molecule has 0 atom stereocenters. The van der Waals surface area contributed by atoms with E-state index in [1.807, 2.05) is 0 Å². The molecule has 0 aromatic heterocycles. The predicted octanol–water partition coefficient (Wildman–Crippen LogP) is 5.89. The van der Waals surface area contributed by atoms with E-state index in [-0.39, 0.29) is 21.5 Å². The number of ether oxygens (including phenoxy) is 1. The molecule has 1 fully saturated rings. The van der Waals surface area contributed by atoms with E-state index in [9.17, 15) is 32.9 Å². The SMILES string of the molecule is O=C1NC(=S)N(c2ccccc2)C(=O)/C1=C/c1ccc(Oc2ccc(C(F)(F)F)cc2[N+](=O)[O-])c(Cl)c1. The van der Waals surface area contributed by atoms with Crippen LogP contribution in [0.25, 0.3) is 6.08 Å². The number of nitro groups is 1. The number of thiocarbonyl (C=S) groups is 1. The van der Waals surface area contributed by atoms with Gasteiger partial charge in [-0.15, -0.1) is 0 Å². The summed E-state index contributed by atoms with van der Waals surface area (Å²) in [6.07, 6.45) is -3.51. The van der Waals surface area contributed by atoms with Crippen molar-refractivity contribution in [1.82, 2.24) is 5.32 Å². The molecule has 1 N–H and O–H groups in total. The monoisotopic (exact) mass is 547 g/mol. The van der Waals surface area contributed by atoms with Gasteiger partial charge >= 0.3 is 11.9 Å². The molecule has 0 bridgehead atoms. The summed E-state index contributed by atoms with van der Waals surface area (Å²) in [5.74, 6) is -1.95. The maximum absolute atomic E-state index is 13.1. The first-order valence-electron chi connectivity index (χ1n) is 10.3. The maximum Gasteiger partial charge on any atom is 0.416 e. The van der Waals surface area contributed by atoms with Crippen LogP contribution in [0.15, 0.2) is 72.3 Å². The summed E-state index contributed by atoms with van der Waals surface area (Å²) in [5, 5.41) is 13.6. The maximum atomic E-state index is 13.1. The van der Waals surface area contributed by atoms with Crippen LogP contribution in [0.4, 0.5) is 24.5 Å². The number of para-hydroxylation sites is 1. The van der Waals surface area contributed by atoms with E-state index in [2.05, 4.69) is 5.32 Å².